The highest BCUT2D eigenvalue weighted by Crippen LogP contribution is 2.21. The molecule has 8 heteroatoms. The normalized spacial score (nSPS) is 11.7. The number of nitrogens with zero attached hydrogens (tertiary/aromatic N) is 3. The van der Waals surface area contributed by atoms with Crippen LogP contribution in [0.25, 0.3) is 22.3 Å². The minimum Gasteiger partial charge on any atom is -0.267 e. The van der Waals surface area contributed by atoms with Gasteiger partial charge in [-0.15, -0.1) is 0 Å². The van der Waals surface area contributed by atoms with Crippen molar-refractivity contribution in [2.24, 2.45) is 0 Å². The third-order valence-corrected chi connectivity index (χ3v) is 3.86. The van der Waals surface area contributed by atoms with E-state index in [0.717, 1.165) is 6.26 Å². The Balaban J connectivity index is 2.45. The van der Waals surface area contributed by atoms with Gasteiger partial charge in [0.2, 0.25) is 0 Å². The molecule has 0 aliphatic rings. The van der Waals surface area contributed by atoms with Gasteiger partial charge in [0.25, 0.3) is 5.56 Å². The number of aromatic nitrogens is 4. The van der Waals surface area contributed by atoms with Crippen LogP contribution in [0, 0.1) is 0 Å². The first kappa shape index (κ1) is 13.4. The summed E-state index contributed by atoms with van der Waals surface area (Å²) in [6.45, 7) is 0. The zero-order valence-electron chi connectivity index (χ0n) is 10.9. The highest BCUT2D eigenvalue weighted by atomic mass is 32.2. The first-order valence-corrected chi connectivity index (χ1v) is 7.87. The van der Waals surface area contributed by atoms with E-state index in [1.54, 1.807) is 24.3 Å². The second-order valence-corrected chi connectivity index (χ2v) is 6.38. The summed E-state index contributed by atoms with van der Waals surface area (Å²) in [5.74, 6) is 0.232. The van der Waals surface area contributed by atoms with E-state index in [4.69, 9.17) is 0 Å². The van der Waals surface area contributed by atoms with Crippen LogP contribution in [-0.2, 0) is 9.84 Å². The molecule has 0 atom stereocenters. The number of fused-ring (bicyclic) bond motifs is 1. The van der Waals surface area contributed by atoms with Crippen molar-refractivity contribution in [1.82, 2.24) is 20.2 Å². The lowest BCUT2D eigenvalue weighted by atomic mass is 10.2. The molecule has 0 aliphatic carbocycles. The van der Waals surface area contributed by atoms with Crippen molar-refractivity contribution < 1.29 is 8.42 Å². The average molecular weight is 302 g/mol. The molecule has 21 heavy (non-hydrogen) atoms. The van der Waals surface area contributed by atoms with Gasteiger partial charge in [0.05, 0.1) is 6.20 Å². The largest absolute Gasteiger partial charge is 0.276 e. The fourth-order valence-corrected chi connectivity index (χ4v) is 2.78. The number of nitrogens with one attached hydrogen (secondary N) is 1. The minimum atomic E-state index is -3.68. The molecular weight excluding hydrogens is 292 g/mol. The van der Waals surface area contributed by atoms with Crippen LogP contribution in [0.3, 0.4) is 0 Å². The maximum atomic E-state index is 11.9. The Morgan fingerprint density at radius 3 is 2.48 bits per heavy atom. The van der Waals surface area contributed by atoms with Gasteiger partial charge in [-0.2, -0.15) is 5.10 Å². The van der Waals surface area contributed by atoms with Crippen LogP contribution in [0.4, 0.5) is 0 Å². The maximum absolute atomic E-state index is 11.9. The van der Waals surface area contributed by atoms with Gasteiger partial charge in [-0.25, -0.2) is 23.5 Å². The van der Waals surface area contributed by atoms with Crippen LogP contribution in [0.1, 0.15) is 0 Å². The monoisotopic (exact) mass is 302 g/mol. The first-order chi connectivity index (χ1) is 9.97. The van der Waals surface area contributed by atoms with E-state index >= 15 is 0 Å². The molecule has 0 bridgehead atoms. The standard InChI is InChI=1S/C13H10N4O3S/c1-21(19,20)13-10-9(7-14-17-12(10)18)15-11(16-13)8-5-3-2-4-6-8/h2-7H,1H3,(H,17,18). The van der Waals surface area contributed by atoms with E-state index in [1.807, 2.05) is 6.07 Å². The van der Waals surface area contributed by atoms with E-state index in [9.17, 15) is 13.2 Å². The maximum Gasteiger partial charge on any atom is 0.276 e. The summed E-state index contributed by atoms with van der Waals surface area (Å²) in [4.78, 5) is 20.1. The van der Waals surface area contributed by atoms with Crippen molar-refractivity contribution in [3.05, 3.63) is 46.9 Å². The summed E-state index contributed by atoms with van der Waals surface area (Å²) in [7, 11) is -3.68. The molecule has 7 nitrogen and oxygen atoms in total. The lowest BCUT2D eigenvalue weighted by molar-refractivity contribution is 0.599. The summed E-state index contributed by atoms with van der Waals surface area (Å²) < 4.78 is 23.8. The van der Waals surface area contributed by atoms with E-state index in [-0.39, 0.29) is 21.8 Å². The highest BCUT2D eigenvalue weighted by molar-refractivity contribution is 7.90. The van der Waals surface area contributed by atoms with Crippen molar-refractivity contribution in [1.29, 1.82) is 0 Å². The smallest absolute Gasteiger partial charge is 0.267 e. The molecule has 0 fully saturated rings. The molecule has 2 aromatic heterocycles. The lowest BCUT2D eigenvalue weighted by Crippen LogP contribution is -2.15. The Kier molecular flexibility index (Phi) is 3.02. The van der Waals surface area contributed by atoms with Crippen LogP contribution in [0.5, 0.6) is 0 Å². The summed E-state index contributed by atoms with van der Waals surface area (Å²) in [6, 6.07) is 8.92. The van der Waals surface area contributed by atoms with Gasteiger partial charge >= 0.3 is 0 Å². The number of rotatable bonds is 2. The number of sulfone groups is 1. The summed E-state index contributed by atoms with van der Waals surface area (Å²) >= 11 is 0. The number of benzene rings is 1. The second-order valence-electron chi connectivity index (χ2n) is 4.45. The van der Waals surface area contributed by atoms with Gasteiger partial charge in [-0.3, -0.25) is 4.79 Å². The van der Waals surface area contributed by atoms with Crippen LogP contribution in [-0.4, -0.2) is 34.8 Å². The molecule has 0 radical (unpaired) electrons. The van der Waals surface area contributed by atoms with Gasteiger partial charge in [-0.1, -0.05) is 30.3 Å². The zero-order chi connectivity index (χ0) is 15.0. The molecule has 0 unspecified atom stereocenters. The molecule has 3 rings (SSSR count). The average Bonchev–Trinajstić information content (AvgIpc) is 2.46. The van der Waals surface area contributed by atoms with Crippen molar-refractivity contribution in [2.45, 2.75) is 5.03 Å². The fourth-order valence-electron chi connectivity index (χ4n) is 1.96. The predicted octanol–water partition coefficient (Wildman–Crippen LogP) is 0.784. The van der Waals surface area contributed by atoms with Gasteiger partial charge in [0, 0.05) is 11.8 Å². The SMILES string of the molecule is CS(=O)(=O)c1nc(-c2ccccc2)nc2cn[nH]c(=O)c12. The molecule has 0 saturated heterocycles. The van der Waals surface area contributed by atoms with Crippen LogP contribution < -0.4 is 5.56 Å². The Hall–Kier alpha value is -2.61. The van der Waals surface area contributed by atoms with E-state index in [0.29, 0.717) is 5.56 Å². The minimum absolute atomic E-state index is 0.0767. The molecule has 3 aromatic rings. The molecule has 0 spiro atoms. The molecule has 2 heterocycles. The third kappa shape index (κ3) is 2.40. The van der Waals surface area contributed by atoms with E-state index in [1.165, 1.54) is 6.20 Å². The van der Waals surface area contributed by atoms with Gasteiger partial charge in [0.1, 0.15) is 10.9 Å². The Bertz CT molecular complexity index is 981. The van der Waals surface area contributed by atoms with Gasteiger partial charge in [0.15, 0.2) is 20.7 Å². The molecule has 0 aliphatic heterocycles. The van der Waals surface area contributed by atoms with Crippen molar-refractivity contribution in [2.75, 3.05) is 6.26 Å². The Morgan fingerprint density at radius 1 is 1.10 bits per heavy atom. The second kappa shape index (κ2) is 4.74. The van der Waals surface area contributed by atoms with E-state index in [2.05, 4.69) is 20.2 Å². The van der Waals surface area contributed by atoms with Crippen molar-refractivity contribution >= 4 is 20.7 Å². The summed E-state index contributed by atoms with van der Waals surface area (Å²) in [5, 5.41) is 5.47. The molecule has 0 saturated carbocycles. The molecule has 1 N–H and O–H groups in total. The Morgan fingerprint density at radius 2 is 1.81 bits per heavy atom. The van der Waals surface area contributed by atoms with Crippen LogP contribution >= 0.6 is 0 Å². The molecule has 0 amide bonds. The van der Waals surface area contributed by atoms with Gasteiger partial charge in [-0.05, 0) is 0 Å². The lowest BCUT2D eigenvalue weighted by Gasteiger charge is -2.06. The number of aromatic amines is 1. The highest BCUT2D eigenvalue weighted by Gasteiger charge is 2.20. The Labute approximate surface area is 119 Å². The summed E-state index contributed by atoms with van der Waals surface area (Å²) in [5.41, 5.74) is 0.213. The summed E-state index contributed by atoms with van der Waals surface area (Å²) in [6.07, 6.45) is 2.31. The van der Waals surface area contributed by atoms with Crippen molar-refractivity contribution in [3.8, 4) is 11.4 Å². The number of hydrogen-bond acceptors (Lipinski definition) is 6. The predicted molar refractivity (Wildman–Crippen MR) is 76.5 cm³/mol. The fraction of sp³-hybridized carbons (Fsp3) is 0.0769. The van der Waals surface area contributed by atoms with Crippen molar-refractivity contribution in [3.63, 3.8) is 0 Å². The third-order valence-electron chi connectivity index (χ3n) is 2.87. The quantitative estimate of drug-likeness (QED) is 0.701. The van der Waals surface area contributed by atoms with Gasteiger partial charge < -0.3 is 0 Å². The molecule has 1 aromatic carbocycles. The zero-order valence-corrected chi connectivity index (χ0v) is 11.8. The molecule has 106 valence electrons. The number of hydrogen-bond donors (Lipinski definition) is 1. The topological polar surface area (TPSA) is 106 Å². The number of H-pyrrole nitrogens is 1. The van der Waals surface area contributed by atoms with E-state index < -0.39 is 15.4 Å². The molecular formula is C13H10N4O3S. The van der Waals surface area contributed by atoms with Crippen LogP contribution in [0.15, 0.2) is 46.3 Å². The van der Waals surface area contributed by atoms with Crippen LogP contribution in [0.2, 0.25) is 0 Å². The first-order valence-electron chi connectivity index (χ1n) is 5.98.